The largest absolute Gasteiger partial charge is 0.481 e. The molecular weight excluding hydrogens is 440 g/mol. The van der Waals surface area contributed by atoms with Gasteiger partial charge in [0.15, 0.2) is 0 Å². The van der Waals surface area contributed by atoms with Crippen LogP contribution in [-0.2, 0) is 19.1 Å². The number of rotatable bonds is 11. The first kappa shape index (κ1) is 25.2. The molecule has 0 bridgehead atoms. The molecule has 182 valence electrons. The van der Waals surface area contributed by atoms with Gasteiger partial charge in [0.25, 0.3) is 0 Å². The number of fused-ring (bicyclic) bond motifs is 3. The molecule has 0 radical (unpaired) electrons. The highest BCUT2D eigenvalue weighted by Gasteiger charge is 2.29. The molecule has 2 aromatic carbocycles. The van der Waals surface area contributed by atoms with Crippen LogP contribution in [0.1, 0.15) is 36.8 Å². The summed E-state index contributed by atoms with van der Waals surface area (Å²) in [6, 6.07) is 16.1. The second kappa shape index (κ2) is 11.1. The lowest BCUT2D eigenvalue weighted by Crippen LogP contribution is -2.46. The fraction of sp³-hybridized carbons (Fsp3) is 0.400. The number of carbonyl (C=O) groups is 3. The van der Waals surface area contributed by atoms with Crippen molar-refractivity contribution in [2.24, 2.45) is 0 Å². The fourth-order valence-electron chi connectivity index (χ4n) is 4.09. The third kappa shape index (κ3) is 6.33. The Labute approximate surface area is 198 Å². The fourth-order valence-corrected chi connectivity index (χ4v) is 4.09. The maximum absolute atomic E-state index is 12.3. The number of methoxy groups -OCH3 is 1. The van der Waals surface area contributed by atoms with Gasteiger partial charge in [-0.3, -0.25) is 9.59 Å². The number of hydrogen-bond acceptors (Lipinski definition) is 6. The van der Waals surface area contributed by atoms with Gasteiger partial charge in [0.05, 0.1) is 12.0 Å². The first-order valence-corrected chi connectivity index (χ1v) is 11.1. The lowest BCUT2D eigenvalue weighted by molar-refractivity contribution is -0.143. The zero-order valence-electron chi connectivity index (χ0n) is 19.2. The van der Waals surface area contributed by atoms with E-state index < -0.39 is 36.1 Å². The summed E-state index contributed by atoms with van der Waals surface area (Å²) in [7, 11) is 1.35. The molecule has 0 aromatic heterocycles. The minimum absolute atomic E-state index is 0.0470. The van der Waals surface area contributed by atoms with E-state index >= 15 is 0 Å². The Morgan fingerprint density at radius 3 is 2.18 bits per heavy atom. The standard InChI is InChI=1S/C25H30N2O7/c1-25(32,13-22(28)29)15-27-23(30)21(33-2)11-12-26-24(31)34-14-20-18-9-5-3-7-16(18)17-8-4-6-10-19(17)20/h3-10,20-21,32H,11-15H2,1-2H3,(H,26,31)(H,27,30)(H,28,29). The van der Waals surface area contributed by atoms with Crippen LogP contribution in [-0.4, -0.2) is 66.7 Å². The maximum atomic E-state index is 12.3. The summed E-state index contributed by atoms with van der Waals surface area (Å²) in [5.74, 6) is -1.73. The van der Waals surface area contributed by atoms with Gasteiger partial charge in [-0.1, -0.05) is 48.5 Å². The van der Waals surface area contributed by atoms with Crippen molar-refractivity contribution in [3.05, 3.63) is 59.7 Å². The number of nitrogens with one attached hydrogen (secondary N) is 2. The minimum Gasteiger partial charge on any atom is -0.481 e. The second-order valence-electron chi connectivity index (χ2n) is 8.55. The van der Waals surface area contributed by atoms with Crippen LogP contribution in [0.3, 0.4) is 0 Å². The summed E-state index contributed by atoms with van der Waals surface area (Å²) in [6.45, 7) is 1.40. The Morgan fingerprint density at radius 2 is 1.62 bits per heavy atom. The molecule has 0 saturated heterocycles. The SMILES string of the molecule is COC(CCNC(=O)OCC1c2ccccc2-c2ccccc21)C(=O)NCC(C)(O)CC(=O)O. The van der Waals surface area contributed by atoms with Crippen LogP contribution >= 0.6 is 0 Å². The molecule has 0 heterocycles. The minimum atomic E-state index is -1.58. The average Bonchev–Trinajstić information content (AvgIpc) is 3.12. The van der Waals surface area contributed by atoms with Crippen molar-refractivity contribution in [1.82, 2.24) is 10.6 Å². The van der Waals surface area contributed by atoms with E-state index in [0.29, 0.717) is 0 Å². The Balaban J connectivity index is 1.45. The molecule has 2 atom stereocenters. The normalized spacial score (nSPS) is 14.9. The molecule has 0 spiro atoms. The summed E-state index contributed by atoms with van der Waals surface area (Å²) in [5, 5.41) is 23.9. The first-order valence-electron chi connectivity index (χ1n) is 11.1. The van der Waals surface area contributed by atoms with Crippen LogP contribution in [0.4, 0.5) is 4.79 Å². The lowest BCUT2D eigenvalue weighted by Gasteiger charge is -2.23. The summed E-state index contributed by atoms with van der Waals surface area (Å²) >= 11 is 0. The summed E-state index contributed by atoms with van der Waals surface area (Å²) in [4.78, 5) is 35.3. The monoisotopic (exact) mass is 470 g/mol. The van der Waals surface area contributed by atoms with Gasteiger partial charge in [-0.2, -0.15) is 0 Å². The summed E-state index contributed by atoms with van der Waals surface area (Å²) in [6.07, 6.45) is -1.81. The Bertz CT molecular complexity index is 992. The van der Waals surface area contributed by atoms with Gasteiger partial charge in [-0.25, -0.2) is 4.79 Å². The summed E-state index contributed by atoms with van der Waals surface area (Å²) < 4.78 is 10.6. The molecular formula is C25H30N2O7. The van der Waals surface area contributed by atoms with Crippen molar-refractivity contribution in [3.63, 3.8) is 0 Å². The van der Waals surface area contributed by atoms with E-state index in [1.807, 2.05) is 36.4 Å². The van der Waals surface area contributed by atoms with Gasteiger partial charge in [0, 0.05) is 32.5 Å². The van der Waals surface area contributed by atoms with Crippen LogP contribution in [0.25, 0.3) is 11.1 Å². The zero-order chi connectivity index (χ0) is 24.7. The molecule has 2 amide bonds. The molecule has 9 nitrogen and oxygen atoms in total. The number of hydrogen-bond donors (Lipinski definition) is 4. The Morgan fingerprint density at radius 1 is 1.03 bits per heavy atom. The second-order valence-corrected chi connectivity index (χ2v) is 8.55. The van der Waals surface area contributed by atoms with Crippen LogP contribution < -0.4 is 10.6 Å². The molecule has 1 aliphatic rings. The van der Waals surface area contributed by atoms with Crippen LogP contribution in [0.2, 0.25) is 0 Å². The highest BCUT2D eigenvalue weighted by molar-refractivity contribution is 5.81. The van der Waals surface area contributed by atoms with E-state index in [1.165, 1.54) is 14.0 Å². The highest BCUT2D eigenvalue weighted by atomic mass is 16.5. The van der Waals surface area contributed by atoms with Gasteiger partial charge >= 0.3 is 12.1 Å². The summed E-state index contributed by atoms with van der Waals surface area (Å²) in [5.41, 5.74) is 2.93. The number of aliphatic hydroxyl groups is 1. The molecule has 9 heteroatoms. The molecule has 4 N–H and O–H groups in total. The number of alkyl carbamates (subject to hydrolysis) is 1. The number of carbonyl (C=O) groups excluding carboxylic acids is 2. The molecule has 0 fully saturated rings. The van der Waals surface area contributed by atoms with Crippen molar-refractivity contribution in [2.45, 2.75) is 37.4 Å². The van der Waals surface area contributed by atoms with Gasteiger partial charge in [0.1, 0.15) is 12.7 Å². The first-order chi connectivity index (χ1) is 16.2. The molecule has 1 aliphatic carbocycles. The van der Waals surface area contributed by atoms with E-state index in [0.717, 1.165) is 22.3 Å². The predicted molar refractivity (Wildman–Crippen MR) is 124 cm³/mol. The van der Waals surface area contributed by atoms with Gasteiger partial charge < -0.3 is 30.3 Å². The smallest absolute Gasteiger partial charge is 0.407 e. The van der Waals surface area contributed by atoms with E-state index in [1.54, 1.807) is 0 Å². The number of carboxylic acid groups (broad SMARTS) is 1. The molecule has 0 aliphatic heterocycles. The van der Waals surface area contributed by atoms with Crippen molar-refractivity contribution in [3.8, 4) is 11.1 Å². The van der Waals surface area contributed by atoms with E-state index in [9.17, 15) is 19.5 Å². The average molecular weight is 471 g/mol. The topological polar surface area (TPSA) is 134 Å². The third-order valence-corrected chi connectivity index (χ3v) is 5.77. The number of amides is 2. The Kier molecular flexibility index (Phi) is 8.25. The molecule has 2 aromatic rings. The maximum Gasteiger partial charge on any atom is 0.407 e. The van der Waals surface area contributed by atoms with E-state index in [2.05, 4.69) is 22.8 Å². The highest BCUT2D eigenvalue weighted by Crippen LogP contribution is 2.44. The van der Waals surface area contributed by atoms with Crippen molar-refractivity contribution in [1.29, 1.82) is 0 Å². The van der Waals surface area contributed by atoms with Crippen LogP contribution in [0.5, 0.6) is 0 Å². The quantitative estimate of drug-likeness (QED) is 0.396. The van der Waals surface area contributed by atoms with Crippen LogP contribution in [0, 0.1) is 0 Å². The number of ether oxygens (including phenoxy) is 2. The van der Waals surface area contributed by atoms with Gasteiger partial charge in [0.2, 0.25) is 5.91 Å². The van der Waals surface area contributed by atoms with Crippen molar-refractivity contribution in [2.75, 3.05) is 26.8 Å². The zero-order valence-corrected chi connectivity index (χ0v) is 19.2. The van der Waals surface area contributed by atoms with E-state index in [-0.39, 0.29) is 32.0 Å². The number of benzene rings is 2. The van der Waals surface area contributed by atoms with Crippen molar-refractivity contribution >= 4 is 18.0 Å². The van der Waals surface area contributed by atoms with Crippen molar-refractivity contribution < 1.29 is 34.1 Å². The van der Waals surface area contributed by atoms with E-state index in [4.69, 9.17) is 14.6 Å². The van der Waals surface area contributed by atoms with Gasteiger partial charge in [-0.15, -0.1) is 0 Å². The predicted octanol–water partition coefficient (Wildman–Crippen LogP) is 2.27. The number of aliphatic carboxylic acids is 1. The molecule has 2 unspecified atom stereocenters. The Hall–Kier alpha value is -3.43. The molecule has 0 saturated carbocycles. The molecule has 3 rings (SSSR count). The third-order valence-electron chi connectivity index (χ3n) is 5.77. The van der Waals surface area contributed by atoms with Crippen LogP contribution in [0.15, 0.2) is 48.5 Å². The molecule has 34 heavy (non-hydrogen) atoms. The number of carboxylic acids is 1. The van der Waals surface area contributed by atoms with Gasteiger partial charge in [-0.05, 0) is 29.2 Å². The lowest BCUT2D eigenvalue weighted by atomic mass is 9.98.